The van der Waals surface area contributed by atoms with Gasteiger partial charge in [0, 0.05) is 91.6 Å². The second kappa shape index (κ2) is 56.6. The fourth-order valence-corrected chi connectivity index (χ4v) is 13.8. The molecule has 0 heterocycles. The van der Waals surface area contributed by atoms with Gasteiger partial charge in [-0.1, -0.05) is 260 Å². The third-order valence-corrected chi connectivity index (χ3v) is 20.8. The van der Waals surface area contributed by atoms with Gasteiger partial charge in [-0.3, -0.25) is 52.7 Å². The maximum absolute atomic E-state index is 15.4. The largest absolute Gasteiger partial charge is 0.368 e. The minimum atomic E-state index is -0.669. The topological polar surface area (TPSA) is 336 Å². The Hall–Kier alpha value is -10.7. The van der Waals surface area contributed by atoms with Crippen LogP contribution in [-0.2, 0) is 91.3 Å². The summed E-state index contributed by atoms with van der Waals surface area (Å²) in [5, 5.41) is 3.04. The summed E-state index contributed by atoms with van der Waals surface area (Å²) in [5.74, 6) is -6.04. The fraction of sp³-hybridized carbons (Fsp3) is 0.489. The molecule has 11 amide bonds. The van der Waals surface area contributed by atoms with Gasteiger partial charge < -0.3 is 77.3 Å². The number of benzene rings is 6. The van der Waals surface area contributed by atoms with Crippen molar-refractivity contribution in [2.24, 2.45) is 22.9 Å². The van der Waals surface area contributed by atoms with Gasteiger partial charge in [0.15, 0.2) is 0 Å². The molecule has 0 aliphatic rings. The molecular weight excluding hydrogens is 1490 g/mol. The van der Waals surface area contributed by atoms with E-state index in [9.17, 15) is 28.8 Å². The highest BCUT2D eigenvalue weighted by atomic mass is 16.2. The van der Waals surface area contributed by atoms with E-state index in [1.165, 1.54) is 49.0 Å². The van der Waals surface area contributed by atoms with Crippen LogP contribution < -0.4 is 28.3 Å². The second-order valence-electron chi connectivity index (χ2n) is 30.1. The molecule has 6 aromatic carbocycles. The summed E-state index contributed by atoms with van der Waals surface area (Å²) in [4.78, 5) is 175. The number of carbonyl (C=O) groups is 11. The molecule has 0 fully saturated rings. The lowest BCUT2D eigenvalue weighted by atomic mass is 10.1. The van der Waals surface area contributed by atoms with Gasteiger partial charge in [0.05, 0.1) is 72.0 Å². The number of nitrogens with one attached hydrogen (secondary N) is 1. The molecule has 0 aromatic heterocycles. The molecule has 0 atom stereocenters. The molecule has 0 aliphatic carbocycles. The molecule has 0 radical (unpaired) electrons. The van der Waals surface area contributed by atoms with E-state index in [4.69, 9.17) is 22.9 Å². The zero-order valence-electron chi connectivity index (χ0n) is 70.0. The molecule has 0 saturated heterocycles. The lowest BCUT2D eigenvalue weighted by Crippen LogP contribution is -2.54. The third-order valence-electron chi connectivity index (χ3n) is 20.8. The van der Waals surface area contributed by atoms with Crippen LogP contribution in [0.15, 0.2) is 182 Å². The Morgan fingerprint density at radius 2 is 0.432 bits per heavy atom. The quantitative estimate of drug-likeness (QED) is 0.0258. The first kappa shape index (κ1) is 96.2. The Morgan fingerprint density at radius 3 is 0.644 bits per heavy atom. The summed E-state index contributed by atoms with van der Waals surface area (Å²) in [5.41, 5.74) is 29.3. The van der Waals surface area contributed by atoms with Crippen molar-refractivity contribution in [2.45, 2.75) is 129 Å². The molecular formula is C92H131N15O11. The number of unbranched alkanes of at least 4 members (excludes halogenated alkanes) is 10. The van der Waals surface area contributed by atoms with E-state index in [0.29, 0.717) is 64.6 Å². The van der Waals surface area contributed by atoms with Crippen molar-refractivity contribution in [2.75, 3.05) is 164 Å². The molecule has 6 aromatic rings. The Morgan fingerprint density at radius 1 is 0.237 bits per heavy atom. The van der Waals surface area contributed by atoms with Gasteiger partial charge in [-0.05, 0) is 84.7 Å². The van der Waals surface area contributed by atoms with Gasteiger partial charge >= 0.3 is 0 Å². The van der Waals surface area contributed by atoms with E-state index in [0.717, 1.165) is 97.6 Å². The molecule has 640 valence electrons. The summed E-state index contributed by atoms with van der Waals surface area (Å²) in [6.45, 7) is 0.838. The molecule has 26 nitrogen and oxygen atoms in total. The van der Waals surface area contributed by atoms with Crippen LogP contribution in [0.25, 0.3) is 0 Å². The number of primary amides is 1. The average Bonchev–Trinajstić information content (AvgIpc) is 0.854. The normalized spacial score (nSPS) is 11.0. The lowest BCUT2D eigenvalue weighted by molar-refractivity contribution is -0.149. The smallest absolute Gasteiger partial charge is 0.242 e. The van der Waals surface area contributed by atoms with Crippen molar-refractivity contribution in [3.8, 4) is 0 Å². The number of rotatable bonds is 60. The number of hydrogen-bond donors (Lipinski definition) is 5. The minimum absolute atomic E-state index is 0.00515. The molecule has 6 rings (SSSR count). The number of hydrogen-bond acceptors (Lipinski definition) is 15. The van der Waals surface area contributed by atoms with Crippen molar-refractivity contribution in [1.82, 2.24) is 54.3 Å². The zero-order valence-corrected chi connectivity index (χ0v) is 70.0. The first-order chi connectivity index (χ1) is 57.3. The average molecular weight is 1620 g/mol. The standard InChI is InChI=1S/C92H131N15O11/c1-3-5-7-9-11-31-55-98(66-82(96)108)84(110)67-99(56-32-12-10-8-6-4-2)85(111)69-101(58-46-77-35-21-14-22-36-77)87(113)70-102(59-47-78-37-23-15-24-38-78)89(115)75-107(64-53-95)92(118)73-105(62-50-81-43-29-18-30-44-81)88(114)71-103(60-48-79-39-25-16-26-40-79)90(116)74-106(63-52-94)91(117)72-104(61-49-80-41-27-17-28-42-80)86(112)68-100(83(109)65-97-54-51-93)57-45-76-33-19-13-20-34-76/h13-30,33-44,97H,3-12,31-32,45-75,93-95H2,1-2H3,(H2,96,108). The van der Waals surface area contributed by atoms with Gasteiger partial charge in [0.25, 0.3) is 0 Å². The predicted molar refractivity (Wildman–Crippen MR) is 463 cm³/mol. The van der Waals surface area contributed by atoms with E-state index in [1.54, 1.807) is 0 Å². The Labute approximate surface area is 699 Å². The van der Waals surface area contributed by atoms with Crippen LogP contribution in [0.5, 0.6) is 0 Å². The molecule has 118 heavy (non-hydrogen) atoms. The molecule has 9 N–H and O–H groups in total. The number of carbonyl (C=O) groups excluding carboxylic acids is 11. The fourth-order valence-electron chi connectivity index (χ4n) is 13.8. The second-order valence-corrected chi connectivity index (χ2v) is 30.1. The predicted octanol–water partition coefficient (Wildman–Crippen LogP) is 6.40. The van der Waals surface area contributed by atoms with Gasteiger partial charge in [0.1, 0.15) is 0 Å². The monoisotopic (exact) mass is 1620 g/mol. The van der Waals surface area contributed by atoms with Crippen molar-refractivity contribution in [1.29, 1.82) is 0 Å². The van der Waals surface area contributed by atoms with Gasteiger partial charge in [-0.15, -0.1) is 0 Å². The van der Waals surface area contributed by atoms with Crippen LogP contribution >= 0.6 is 0 Å². The zero-order chi connectivity index (χ0) is 84.9. The molecule has 0 spiro atoms. The van der Waals surface area contributed by atoms with Crippen molar-refractivity contribution in [3.05, 3.63) is 215 Å². The molecule has 26 heteroatoms. The third kappa shape index (κ3) is 37.7. The van der Waals surface area contributed by atoms with Crippen LogP contribution in [0.1, 0.15) is 124 Å². The first-order valence-electron chi connectivity index (χ1n) is 42.4. The first-order valence-corrected chi connectivity index (χ1v) is 42.4. The molecule has 0 saturated carbocycles. The molecule has 0 unspecified atom stereocenters. The van der Waals surface area contributed by atoms with E-state index in [2.05, 4.69) is 19.2 Å². The van der Waals surface area contributed by atoms with E-state index < -0.39 is 105 Å². The van der Waals surface area contributed by atoms with Crippen LogP contribution in [0, 0.1) is 0 Å². The minimum Gasteiger partial charge on any atom is -0.368 e. The Kier molecular flexibility index (Phi) is 46.2. The summed E-state index contributed by atoms with van der Waals surface area (Å²) in [6.07, 6.45) is 13.3. The summed E-state index contributed by atoms with van der Waals surface area (Å²) in [6, 6.07) is 56.6. The van der Waals surface area contributed by atoms with Crippen LogP contribution in [0.2, 0.25) is 0 Å². The highest BCUT2D eigenvalue weighted by Gasteiger charge is 2.33. The Bertz CT molecular complexity index is 3930. The maximum Gasteiger partial charge on any atom is 0.242 e. The molecule has 0 aliphatic heterocycles. The van der Waals surface area contributed by atoms with Gasteiger partial charge in [-0.2, -0.15) is 0 Å². The van der Waals surface area contributed by atoms with Gasteiger partial charge in [-0.25, -0.2) is 0 Å². The van der Waals surface area contributed by atoms with E-state index in [-0.39, 0.29) is 110 Å². The summed E-state index contributed by atoms with van der Waals surface area (Å²) < 4.78 is 0. The SMILES string of the molecule is CCCCCCCCN(CC(N)=O)C(=O)CN(CCCCCCCC)C(=O)CN(CCc1ccccc1)C(=O)CN(CCc1ccccc1)C(=O)CN(CCN)C(=O)CN(CCc1ccccc1)C(=O)CN(CCc1ccccc1)C(=O)CN(CCN)C(=O)CN(CCc1ccccc1)C(=O)CN(CCc1ccccc1)C(=O)CNCCN. The lowest BCUT2D eigenvalue weighted by Gasteiger charge is -2.33. The van der Waals surface area contributed by atoms with Crippen LogP contribution in [-0.4, -0.2) is 278 Å². The van der Waals surface area contributed by atoms with Crippen LogP contribution in [0.4, 0.5) is 0 Å². The summed E-state index contributed by atoms with van der Waals surface area (Å²) >= 11 is 0. The van der Waals surface area contributed by atoms with Crippen LogP contribution in [0.3, 0.4) is 0 Å². The highest BCUT2D eigenvalue weighted by Crippen LogP contribution is 2.16. The Balaban J connectivity index is 1.28. The van der Waals surface area contributed by atoms with E-state index >= 15 is 24.0 Å². The van der Waals surface area contributed by atoms with Crippen molar-refractivity contribution >= 4 is 65.0 Å². The number of nitrogens with two attached hydrogens (primary N) is 4. The number of amides is 11. The maximum atomic E-state index is 15.4. The molecule has 0 bridgehead atoms. The van der Waals surface area contributed by atoms with Gasteiger partial charge in [0.2, 0.25) is 65.0 Å². The van der Waals surface area contributed by atoms with E-state index in [1.807, 2.05) is 182 Å². The van der Waals surface area contributed by atoms with Crippen molar-refractivity contribution in [3.63, 3.8) is 0 Å². The highest BCUT2D eigenvalue weighted by molar-refractivity contribution is 5.95. The van der Waals surface area contributed by atoms with Crippen molar-refractivity contribution < 1.29 is 52.7 Å². The number of nitrogens with zero attached hydrogens (tertiary/aromatic N) is 10. The summed E-state index contributed by atoms with van der Waals surface area (Å²) in [7, 11) is 0.